The van der Waals surface area contributed by atoms with Crippen molar-refractivity contribution in [3.8, 4) is 6.07 Å². The van der Waals surface area contributed by atoms with Crippen molar-refractivity contribution in [3.63, 3.8) is 0 Å². The summed E-state index contributed by atoms with van der Waals surface area (Å²) in [6, 6.07) is 9.22. The van der Waals surface area contributed by atoms with Gasteiger partial charge in [-0.3, -0.25) is 9.59 Å². The molecule has 1 heterocycles. The van der Waals surface area contributed by atoms with Crippen LogP contribution in [0.4, 0.5) is 5.69 Å². The molecule has 138 valence electrons. The van der Waals surface area contributed by atoms with Gasteiger partial charge in [0.15, 0.2) is 6.61 Å². The Morgan fingerprint density at radius 3 is 2.77 bits per heavy atom. The Hall–Kier alpha value is -1.76. The summed E-state index contributed by atoms with van der Waals surface area (Å²) >= 11 is 7.88. The number of likely N-dealkylation sites (tertiary alicyclic amines) is 1. The van der Waals surface area contributed by atoms with Gasteiger partial charge in [-0.2, -0.15) is 5.26 Å². The van der Waals surface area contributed by atoms with E-state index in [1.54, 1.807) is 12.1 Å². The second kappa shape index (κ2) is 11.1. The summed E-state index contributed by atoms with van der Waals surface area (Å²) < 4.78 is 5.70. The minimum atomic E-state index is -0.473. The summed E-state index contributed by atoms with van der Waals surface area (Å²) in [6.07, 6.45) is 2.25. The molecule has 0 spiro atoms. The average Bonchev–Trinajstić information content (AvgIpc) is 3.18. The zero-order valence-electron chi connectivity index (χ0n) is 14.1. The molecule has 1 aliphatic heterocycles. The van der Waals surface area contributed by atoms with E-state index >= 15 is 0 Å². The van der Waals surface area contributed by atoms with Gasteiger partial charge in [0, 0.05) is 18.0 Å². The number of thiocarbonyl (C=S) groups is 1. The molecule has 6 nitrogen and oxygen atoms in total. The fraction of sp³-hybridized carbons (Fsp3) is 0.412. The number of nitrogens with zero attached hydrogens (tertiary/aromatic N) is 2. The molecule has 0 unspecified atom stereocenters. The zero-order valence-corrected chi connectivity index (χ0v) is 16.6. The van der Waals surface area contributed by atoms with Crippen molar-refractivity contribution < 1.29 is 14.3 Å². The van der Waals surface area contributed by atoms with E-state index in [-0.39, 0.29) is 18.1 Å². The number of anilines is 1. The SMILES string of the molecule is N#CCSc1ccccc1NC(=O)COC(=O)CSC(=S)N1CCCC1. The number of para-hydroxylation sites is 1. The lowest BCUT2D eigenvalue weighted by atomic mass is 10.3. The van der Waals surface area contributed by atoms with Crippen LogP contribution in [0.5, 0.6) is 0 Å². The van der Waals surface area contributed by atoms with E-state index < -0.39 is 11.9 Å². The van der Waals surface area contributed by atoms with E-state index in [1.165, 1.54) is 23.5 Å². The highest BCUT2D eigenvalue weighted by Crippen LogP contribution is 2.26. The topological polar surface area (TPSA) is 82.4 Å². The van der Waals surface area contributed by atoms with Gasteiger partial charge in [-0.1, -0.05) is 36.1 Å². The van der Waals surface area contributed by atoms with Crippen molar-refractivity contribution in [2.24, 2.45) is 0 Å². The molecule has 1 aromatic rings. The van der Waals surface area contributed by atoms with Gasteiger partial charge in [-0.15, -0.1) is 11.8 Å². The molecule has 0 aliphatic carbocycles. The molecule has 2 rings (SSSR count). The number of thioether (sulfide) groups is 2. The van der Waals surface area contributed by atoms with Crippen LogP contribution >= 0.6 is 35.7 Å². The molecule has 0 atom stereocenters. The molecule has 1 saturated heterocycles. The Kier molecular flexibility index (Phi) is 8.74. The molecular weight excluding hydrogens is 390 g/mol. The van der Waals surface area contributed by atoms with Gasteiger partial charge in [0.25, 0.3) is 5.91 Å². The highest BCUT2D eigenvalue weighted by molar-refractivity contribution is 8.23. The third-order valence-electron chi connectivity index (χ3n) is 3.50. The van der Waals surface area contributed by atoms with Crippen molar-refractivity contribution in [2.45, 2.75) is 17.7 Å². The summed E-state index contributed by atoms with van der Waals surface area (Å²) in [5.41, 5.74) is 0.596. The lowest BCUT2D eigenvalue weighted by molar-refractivity contribution is -0.144. The van der Waals surface area contributed by atoms with Crippen LogP contribution in [0.1, 0.15) is 12.8 Å². The number of hydrogen-bond acceptors (Lipinski definition) is 7. The Bertz CT molecular complexity index is 700. The molecule has 1 N–H and O–H groups in total. The summed E-state index contributed by atoms with van der Waals surface area (Å²) in [5, 5.41) is 11.4. The van der Waals surface area contributed by atoms with Gasteiger partial charge in [0.1, 0.15) is 4.32 Å². The number of carbonyl (C=O) groups is 2. The number of nitrogens with one attached hydrogen (secondary N) is 1. The van der Waals surface area contributed by atoms with E-state index in [9.17, 15) is 9.59 Å². The number of amides is 1. The second-order valence-electron chi connectivity index (χ2n) is 5.40. The standard InChI is InChI=1S/C17H19N3O3S3/c18-7-10-25-14-6-2-1-5-13(14)19-15(21)11-23-16(22)12-26-17(24)20-8-3-4-9-20/h1-2,5-6H,3-4,8-12H2,(H,19,21). The third kappa shape index (κ3) is 6.86. The van der Waals surface area contributed by atoms with E-state index in [4.69, 9.17) is 22.2 Å². The first-order valence-corrected chi connectivity index (χ1v) is 10.4. The van der Waals surface area contributed by atoms with Gasteiger partial charge < -0.3 is 15.0 Å². The largest absolute Gasteiger partial charge is 0.455 e. The van der Waals surface area contributed by atoms with Crippen LogP contribution in [0.2, 0.25) is 0 Å². The first-order valence-electron chi connectivity index (χ1n) is 8.06. The second-order valence-corrected chi connectivity index (χ2v) is 8.03. The highest BCUT2D eigenvalue weighted by atomic mass is 32.2. The number of ether oxygens (including phenoxy) is 1. The Morgan fingerprint density at radius 1 is 1.31 bits per heavy atom. The zero-order chi connectivity index (χ0) is 18.8. The predicted molar refractivity (Wildman–Crippen MR) is 108 cm³/mol. The number of rotatable bonds is 7. The monoisotopic (exact) mass is 409 g/mol. The molecule has 1 aromatic carbocycles. The molecule has 0 radical (unpaired) electrons. The van der Waals surface area contributed by atoms with Crippen LogP contribution in [-0.4, -0.2) is 52.3 Å². The van der Waals surface area contributed by atoms with Crippen LogP contribution in [0.25, 0.3) is 0 Å². The molecule has 26 heavy (non-hydrogen) atoms. The molecule has 1 fully saturated rings. The molecule has 9 heteroatoms. The first kappa shape index (κ1) is 20.6. The Labute approximate surface area is 166 Å². The third-order valence-corrected chi connectivity index (χ3v) is 5.93. The fourth-order valence-electron chi connectivity index (χ4n) is 2.29. The van der Waals surface area contributed by atoms with Gasteiger partial charge in [-0.05, 0) is 25.0 Å². The number of benzene rings is 1. The van der Waals surface area contributed by atoms with Crippen molar-refractivity contribution >= 4 is 57.6 Å². The summed E-state index contributed by atoms with van der Waals surface area (Å²) in [6.45, 7) is 1.52. The molecule has 0 aromatic heterocycles. The summed E-state index contributed by atoms with van der Waals surface area (Å²) in [5.74, 6) is -0.512. The molecular formula is C17H19N3O3S3. The van der Waals surface area contributed by atoms with Crippen molar-refractivity contribution in [2.75, 3.05) is 36.5 Å². The summed E-state index contributed by atoms with van der Waals surface area (Å²) in [7, 11) is 0. The van der Waals surface area contributed by atoms with E-state index in [0.29, 0.717) is 10.0 Å². The van der Waals surface area contributed by atoms with E-state index in [1.807, 2.05) is 18.2 Å². The number of nitriles is 1. The molecule has 1 aliphatic rings. The predicted octanol–water partition coefficient (Wildman–Crippen LogP) is 2.90. The van der Waals surface area contributed by atoms with Gasteiger partial charge >= 0.3 is 5.97 Å². The quantitative estimate of drug-likeness (QED) is 0.418. The molecule has 1 amide bonds. The smallest absolute Gasteiger partial charge is 0.316 e. The van der Waals surface area contributed by atoms with Crippen LogP contribution < -0.4 is 5.32 Å². The average molecular weight is 410 g/mol. The lowest BCUT2D eigenvalue weighted by Gasteiger charge is -2.17. The van der Waals surface area contributed by atoms with Crippen LogP contribution in [-0.2, 0) is 14.3 Å². The fourth-order valence-corrected chi connectivity index (χ4v) is 4.01. The lowest BCUT2D eigenvalue weighted by Crippen LogP contribution is -2.25. The van der Waals surface area contributed by atoms with Crippen LogP contribution in [0.3, 0.4) is 0 Å². The van der Waals surface area contributed by atoms with E-state index in [0.717, 1.165) is 30.8 Å². The van der Waals surface area contributed by atoms with Crippen LogP contribution in [0.15, 0.2) is 29.2 Å². The first-order chi connectivity index (χ1) is 12.6. The number of hydrogen-bond donors (Lipinski definition) is 1. The normalized spacial score (nSPS) is 13.1. The number of esters is 1. The van der Waals surface area contributed by atoms with Crippen molar-refractivity contribution in [1.29, 1.82) is 5.26 Å². The minimum Gasteiger partial charge on any atom is -0.455 e. The van der Waals surface area contributed by atoms with Gasteiger partial charge in [0.2, 0.25) is 0 Å². The van der Waals surface area contributed by atoms with Crippen LogP contribution in [0, 0.1) is 11.3 Å². The molecule has 0 saturated carbocycles. The number of carbonyl (C=O) groups excluding carboxylic acids is 2. The Balaban J connectivity index is 1.72. The Morgan fingerprint density at radius 2 is 2.04 bits per heavy atom. The van der Waals surface area contributed by atoms with Crippen molar-refractivity contribution in [1.82, 2.24) is 4.90 Å². The van der Waals surface area contributed by atoms with Crippen molar-refractivity contribution in [3.05, 3.63) is 24.3 Å². The molecule has 0 bridgehead atoms. The van der Waals surface area contributed by atoms with Gasteiger partial charge in [0.05, 0.1) is 23.3 Å². The summed E-state index contributed by atoms with van der Waals surface area (Å²) in [4.78, 5) is 26.6. The van der Waals surface area contributed by atoms with E-state index in [2.05, 4.69) is 10.2 Å². The maximum Gasteiger partial charge on any atom is 0.316 e. The maximum atomic E-state index is 12.0. The minimum absolute atomic E-state index is 0.0945. The van der Waals surface area contributed by atoms with Gasteiger partial charge in [-0.25, -0.2) is 0 Å². The maximum absolute atomic E-state index is 12.0. The highest BCUT2D eigenvalue weighted by Gasteiger charge is 2.17.